The van der Waals surface area contributed by atoms with Crippen molar-refractivity contribution in [3.8, 4) is 0 Å². The lowest BCUT2D eigenvalue weighted by Crippen LogP contribution is -2.47. The van der Waals surface area contributed by atoms with E-state index in [1.54, 1.807) is 19.2 Å². The van der Waals surface area contributed by atoms with Crippen molar-refractivity contribution in [1.29, 1.82) is 0 Å². The highest BCUT2D eigenvalue weighted by molar-refractivity contribution is 8.00. The van der Waals surface area contributed by atoms with Gasteiger partial charge in [0, 0.05) is 49.3 Å². The van der Waals surface area contributed by atoms with Gasteiger partial charge in [0.05, 0.1) is 4.92 Å². The van der Waals surface area contributed by atoms with Crippen LogP contribution in [0.5, 0.6) is 0 Å². The Morgan fingerprint density at radius 1 is 1.55 bits per heavy atom. The summed E-state index contributed by atoms with van der Waals surface area (Å²) >= 11 is 2.00. The van der Waals surface area contributed by atoms with Crippen molar-refractivity contribution in [3.63, 3.8) is 0 Å². The highest BCUT2D eigenvalue weighted by Gasteiger charge is 2.22. The Morgan fingerprint density at radius 3 is 3.00 bits per heavy atom. The molecule has 0 spiro atoms. The molecule has 0 bridgehead atoms. The Balaban J connectivity index is 2.01. The molecular weight excluding hydrogens is 300 g/mol. The normalized spacial score (nSPS) is 19.1. The van der Waals surface area contributed by atoms with Crippen molar-refractivity contribution in [2.45, 2.75) is 25.1 Å². The number of benzene rings is 1. The van der Waals surface area contributed by atoms with Gasteiger partial charge in [0.25, 0.3) is 5.69 Å². The Hall–Kier alpha value is -1.76. The highest BCUT2D eigenvalue weighted by atomic mass is 32.2. The van der Waals surface area contributed by atoms with Crippen molar-refractivity contribution >= 4 is 23.4 Å². The van der Waals surface area contributed by atoms with E-state index >= 15 is 0 Å². The standard InChI is InChI=1S/C15H22N4O2S/c1-3-13-11-18(8-9-22-13)15(16-2)17-10-12-6-4-5-7-14(12)19(20)21/h4-7,13H,3,8-11H2,1-2H3,(H,16,17). The third-order valence-electron chi connectivity index (χ3n) is 3.73. The number of nitrogens with one attached hydrogen (secondary N) is 1. The molecule has 1 aromatic rings. The van der Waals surface area contributed by atoms with E-state index in [0.29, 0.717) is 17.4 Å². The predicted molar refractivity (Wildman–Crippen MR) is 91.4 cm³/mol. The summed E-state index contributed by atoms with van der Waals surface area (Å²) in [6, 6.07) is 6.81. The number of nitrogens with zero attached hydrogens (tertiary/aromatic N) is 3. The minimum absolute atomic E-state index is 0.145. The Labute approximate surface area is 135 Å². The van der Waals surface area contributed by atoms with E-state index < -0.39 is 0 Å². The van der Waals surface area contributed by atoms with Crippen LogP contribution in [-0.4, -0.2) is 46.9 Å². The molecule has 2 rings (SSSR count). The van der Waals surface area contributed by atoms with Crippen molar-refractivity contribution in [2.24, 2.45) is 4.99 Å². The minimum Gasteiger partial charge on any atom is -0.352 e. The average Bonchev–Trinajstić information content (AvgIpc) is 2.56. The molecule has 1 heterocycles. The topological polar surface area (TPSA) is 70.8 Å². The zero-order valence-corrected chi connectivity index (χ0v) is 13.8. The van der Waals surface area contributed by atoms with Crippen LogP contribution in [0.3, 0.4) is 0 Å². The van der Waals surface area contributed by atoms with Crippen LogP contribution in [0.15, 0.2) is 29.3 Å². The lowest BCUT2D eigenvalue weighted by molar-refractivity contribution is -0.385. The molecule has 1 aliphatic rings. The number of guanidine groups is 1. The molecule has 1 atom stereocenters. The van der Waals surface area contributed by atoms with Gasteiger partial charge in [-0.05, 0) is 6.42 Å². The number of nitro benzene ring substituents is 1. The van der Waals surface area contributed by atoms with Gasteiger partial charge in [-0.3, -0.25) is 15.1 Å². The Kier molecular flexibility index (Phi) is 6.06. The molecule has 0 radical (unpaired) electrons. The van der Waals surface area contributed by atoms with Gasteiger partial charge < -0.3 is 10.2 Å². The van der Waals surface area contributed by atoms with Crippen LogP contribution in [0.4, 0.5) is 5.69 Å². The molecule has 120 valence electrons. The summed E-state index contributed by atoms with van der Waals surface area (Å²) in [4.78, 5) is 17.3. The van der Waals surface area contributed by atoms with Crippen LogP contribution in [0.1, 0.15) is 18.9 Å². The number of rotatable bonds is 4. The molecule has 1 aromatic carbocycles. The molecule has 0 amide bonds. The molecule has 0 saturated carbocycles. The first-order valence-electron chi connectivity index (χ1n) is 7.45. The van der Waals surface area contributed by atoms with Gasteiger partial charge in [-0.2, -0.15) is 11.8 Å². The Morgan fingerprint density at radius 2 is 2.32 bits per heavy atom. The van der Waals surface area contributed by atoms with Crippen LogP contribution in [0.2, 0.25) is 0 Å². The maximum Gasteiger partial charge on any atom is 0.274 e. The number of nitro groups is 1. The largest absolute Gasteiger partial charge is 0.352 e. The quantitative estimate of drug-likeness (QED) is 0.399. The van der Waals surface area contributed by atoms with Gasteiger partial charge in [0.15, 0.2) is 5.96 Å². The van der Waals surface area contributed by atoms with Crippen molar-refractivity contribution in [3.05, 3.63) is 39.9 Å². The Bertz CT molecular complexity index is 550. The molecule has 1 N–H and O–H groups in total. The van der Waals surface area contributed by atoms with E-state index in [2.05, 4.69) is 22.1 Å². The van der Waals surface area contributed by atoms with Gasteiger partial charge in [0.1, 0.15) is 0 Å². The number of hydrogen-bond donors (Lipinski definition) is 1. The summed E-state index contributed by atoms with van der Waals surface area (Å²) in [6.45, 7) is 4.53. The van der Waals surface area contributed by atoms with Crippen LogP contribution in [-0.2, 0) is 6.54 Å². The van der Waals surface area contributed by atoms with Crippen LogP contribution < -0.4 is 5.32 Å². The van der Waals surface area contributed by atoms with Gasteiger partial charge >= 0.3 is 0 Å². The number of aliphatic imine (C=N–C) groups is 1. The highest BCUT2D eigenvalue weighted by Crippen LogP contribution is 2.21. The van der Waals surface area contributed by atoms with Crippen molar-refractivity contribution in [2.75, 3.05) is 25.9 Å². The van der Waals surface area contributed by atoms with E-state index in [1.807, 2.05) is 17.8 Å². The van der Waals surface area contributed by atoms with Crippen molar-refractivity contribution < 1.29 is 4.92 Å². The predicted octanol–water partition coefficient (Wildman–Crippen LogP) is 2.50. The van der Waals surface area contributed by atoms with Gasteiger partial charge in [-0.15, -0.1) is 0 Å². The fourth-order valence-electron chi connectivity index (χ4n) is 2.50. The lowest BCUT2D eigenvalue weighted by Gasteiger charge is -2.34. The maximum atomic E-state index is 11.1. The van der Waals surface area contributed by atoms with Gasteiger partial charge in [0.2, 0.25) is 0 Å². The second-order valence-electron chi connectivity index (χ2n) is 5.13. The van der Waals surface area contributed by atoms with E-state index in [0.717, 1.165) is 31.2 Å². The molecule has 0 aliphatic carbocycles. The first kappa shape index (κ1) is 16.6. The number of thioether (sulfide) groups is 1. The summed E-state index contributed by atoms with van der Waals surface area (Å²) in [5, 5.41) is 14.9. The van der Waals surface area contributed by atoms with E-state index in [9.17, 15) is 10.1 Å². The maximum absolute atomic E-state index is 11.1. The smallest absolute Gasteiger partial charge is 0.274 e. The SMILES string of the molecule is CCC1CN(C(=NC)NCc2ccccc2[N+](=O)[O-])CCS1. The monoisotopic (exact) mass is 322 g/mol. The summed E-state index contributed by atoms with van der Waals surface area (Å²) in [6.07, 6.45) is 1.14. The first-order valence-corrected chi connectivity index (χ1v) is 8.50. The van der Waals surface area contributed by atoms with E-state index in [-0.39, 0.29) is 10.6 Å². The zero-order chi connectivity index (χ0) is 15.9. The summed E-state index contributed by atoms with van der Waals surface area (Å²) in [5.74, 6) is 1.90. The summed E-state index contributed by atoms with van der Waals surface area (Å²) < 4.78 is 0. The molecule has 1 aliphatic heterocycles. The summed E-state index contributed by atoms with van der Waals surface area (Å²) in [5.41, 5.74) is 0.818. The minimum atomic E-state index is -0.343. The third kappa shape index (κ3) is 4.13. The second-order valence-corrected chi connectivity index (χ2v) is 6.54. The molecule has 1 saturated heterocycles. The fourth-order valence-corrected chi connectivity index (χ4v) is 3.68. The molecule has 22 heavy (non-hydrogen) atoms. The van der Waals surface area contributed by atoms with Crippen LogP contribution >= 0.6 is 11.8 Å². The van der Waals surface area contributed by atoms with Crippen LogP contribution in [0.25, 0.3) is 0 Å². The zero-order valence-electron chi connectivity index (χ0n) is 13.0. The summed E-state index contributed by atoms with van der Waals surface area (Å²) in [7, 11) is 1.75. The number of hydrogen-bond acceptors (Lipinski definition) is 4. The molecule has 7 heteroatoms. The molecule has 0 aromatic heterocycles. The average molecular weight is 322 g/mol. The molecule has 6 nitrogen and oxygen atoms in total. The third-order valence-corrected chi connectivity index (χ3v) is 5.10. The molecular formula is C15H22N4O2S. The van der Waals surface area contributed by atoms with Gasteiger partial charge in [-0.1, -0.05) is 25.1 Å². The molecule has 1 unspecified atom stereocenters. The molecule has 1 fully saturated rings. The lowest BCUT2D eigenvalue weighted by atomic mass is 10.2. The van der Waals surface area contributed by atoms with E-state index in [1.165, 1.54) is 6.07 Å². The first-order chi connectivity index (χ1) is 10.7. The van der Waals surface area contributed by atoms with E-state index in [4.69, 9.17) is 0 Å². The van der Waals surface area contributed by atoms with Crippen LogP contribution in [0, 0.1) is 10.1 Å². The second kappa shape index (κ2) is 8.03. The van der Waals surface area contributed by atoms with Gasteiger partial charge in [-0.25, -0.2) is 0 Å². The van der Waals surface area contributed by atoms with Crippen molar-refractivity contribution in [1.82, 2.24) is 10.2 Å². The fraction of sp³-hybridized carbons (Fsp3) is 0.533. The number of para-hydroxylation sites is 1.